The number of carboxylic acid groups (broad SMARTS) is 3. The summed E-state index contributed by atoms with van der Waals surface area (Å²) in [5, 5.41) is 31.2. The number of rotatable bonds is 12. The fourth-order valence-corrected chi connectivity index (χ4v) is 4.79. The molecule has 250 valence electrons. The average molecular weight is 673 g/mol. The van der Waals surface area contributed by atoms with Crippen LogP contribution in [0.1, 0.15) is 68.5 Å². The van der Waals surface area contributed by atoms with Gasteiger partial charge < -0.3 is 30.1 Å². The van der Waals surface area contributed by atoms with Crippen molar-refractivity contribution in [2.75, 3.05) is 0 Å². The highest BCUT2D eigenvalue weighted by Crippen LogP contribution is 2.22. The zero-order valence-electron chi connectivity index (χ0n) is 26.1. The topological polar surface area (TPSA) is 189 Å². The quantitative estimate of drug-likeness (QED) is 0.0533. The molecule has 4 N–H and O–H groups in total. The minimum Gasteiger partial charge on any atom is -0.478 e. The van der Waals surface area contributed by atoms with Crippen molar-refractivity contribution in [3.63, 3.8) is 0 Å². The molecule has 1 amide bonds. The van der Waals surface area contributed by atoms with Gasteiger partial charge in [-0.15, -0.1) is 0 Å². The number of para-hydroxylation sites is 2. The molecular formula is C38H28N2O10. The van der Waals surface area contributed by atoms with Crippen LogP contribution in [-0.4, -0.2) is 51.0 Å². The van der Waals surface area contributed by atoms with Crippen molar-refractivity contribution >= 4 is 35.7 Å². The van der Waals surface area contributed by atoms with Crippen LogP contribution >= 0.6 is 0 Å². The maximum atomic E-state index is 13.4. The number of ether oxygens (including phenoxy) is 2. The Morgan fingerprint density at radius 2 is 1.10 bits per heavy atom. The second-order valence-electron chi connectivity index (χ2n) is 10.7. The first kappa shape index (κ1) is 34.3. The van der Waals surface area contributed by atoms with E-state index in [9.17, 15) is 39.3 Å². The van der Waals surface area contributed by atoms with E-state index in [0.717, 1.165) is 18.2 Å². The maximum absolute atomic E-state index is 13.4. The SMILES string of the molecule is O=C(O)c1ccc(C(=O)O)c(C(=O)NCc2cccc(CN=C(Oc3ccccc3)c3cc(C(=O)O)ccc3C(=O)Oc3ccccc3)c2)c1. The number of aromatic carboxylic acids is 3. The number of carboxylic acids is 3. The minimum absolute atomic E-state index is 0.00174. The van der Waals surface area contributed by atoms with Crippen LogP contribution in [0.5, 0.6) is 11.5 Å². The van der Waals surface area contributed by atoms with Crippen LogP contribution in [0.2, 0.25) is 0 Å². The maximum Gasteiger partial charge on any atom is 0.344 e. The summed E-state index contributed by atoms with van der Waals surface area (Å²) in [6, 6.07) is 31.0. The number of hydrogen-bond acceptors (Lipinski definition) is 8. The predicted octanol–water partition coefficient (Wildman–Crippen LogP) is 5.96. The summed E-state index contributed by atoms with van der Waals surface area (Å²) in [4.78, 5) is 65.9. The fraction of sp³-hybridized carbons (Fsp3) is 0.0526. The van der Waals surface area contributed by atoms with E-state index in [1.54, 1.807) is 84.9 Å². The van der Waals surface area contributed by atoms with Crippen molar-refractivity contribution in [3.8, 4) is 11.5 Å². The first-order valence-electron chi connectivity index (χ1n) is 15.0. The lowest BCUT2D eigenvalue weighted by atomic mass is 10.0. The number of carbonyl (C=O) groups excluding carboxylic acids is 2. The van der Waals surface area contributed by atoms with Gasteiger partial charge in [0.25, 0.3) is 5.91 Å². The summed E-state index contributed by atoms with van der Waals surface area (Å²) in [5.74, 6) is -4.86. The highest BCUT2D eigenvalue weighted by molar-refractivity contribution is 6.08. The summed E-state index contributed by atoms with van der Waals surface area (Å²) in [5.41, 5.74) is 0.355. The molecule has 12 nitrogen and oxygen atoms in total. The van der Waals surface area contributed by atoms with E-state index in [4.69, 9.17) is 9.47 Å². The van der Waals surface area contributed by atoms with Crippen LogP contribution in [-0.2, 0) is 13.1 Å². The Morgan fingerprint density at radius 3 is 1.70 bits per heavy atom. The van der Waals surface area contributed by atoms with Gasteiger partial charge in [-0.05, 0) is 71.8 Å². The van der Waals surface area contributed by atoms with E-state index in [1.807, 2.05) is 0 Å². The van der Waals surface area contributed by atoms with E-state index in [2.05, 4.69) is 10.3 Å². The van der Waals surface area contributed by atoms with Gasteiger partial charge in [0.15, 0.2) is 0 Å². The first-order chi connectivity index (χ1) is 24.1. The molecule has 5 aromatic carbocycles. The van der Waals surface area contributed by atoms with Crippen LogP contribution < -0.4 is 14.8 Å². The second-order valence-corrected chi connectivity index (χ2v) is 10.7. The normalized spacial score (nSPS) is 10.9. The Morgan fingerprint density at radius 1 is 0.540 bits per heavy atom. The largest absolute Gasteiger partial charge is 0.478 e. The lowest BCUT2D eigenvalue weighted by molar-refractivity contribution is 0.0678. The van der Waals surface area contributed by atoms with E-state index >= 15 is 0 Å². The Kier molecular flexibility index (Phi) is 10.7. The van der Waals surface area contributed by atoms with E-state index < -0.39 is 29.8 Å². The monoisotopic (exact) mass is 672 g/mol. The summed E-state index contributed by atoms with van der Waals surface area (Å²) < 4.78 is 11.7. The van der Waals surface area contributed by atoms with Crippen LogP contribution in [0.3, 0.4) is 0 Å². The van der Waals surface area contributed by atoms with Crippen LogP contribution in [0, 0.1) is 0 Å². The molecule has 0 saturated heterocycles. The Hall–Kier alpha value is -7.08. The molecule has 0 atom stereocenters. The second kappa shape index (κ2) is 15.7. The Balaban J connectivity index is 1.44. The summed E-state index contributed by atoms with van der Waals surface area (Å²) in [6.45, 7) is -0.0332. The fourth-order valence-electron chi connectivity index (χ4n) is 4.79. The molecule has 50 heavy (non-hydrogen) atoms. The third-order valence-corrected chi connectivity index (χ3v) is 7.22. The van der Waals surface area contributed by atoms with Gasteiger partial charge in [0.05, 0.1) is 39.9 Å². The molecule has 0 spiro atoms. The number of benzene rings is 5. The van der Waals surface area contributed by atoms with E-state index in [1.165, 1.54) is 18.2 Å². The van der Waals surface area contributed by atoms with Crippen molar-refractivity contribution in [1.29, 1.82) is 0 Å². The zero-order chi connectivity index (χ0) is 35.6. The van der Waals surface area contributed by atoms with Crippen LogP contribution in [0.15, 0.2) is 126 Å². The lowest BCUT2D eigenvalue weighted by Crippen LogP contribution is -2.25. The molecule has 0 heterocycles. The van der Waals surface area contributed by atoms with Crippen molar-refractivity contribution in [2.24, 2.45) is 4.99 Å². The third-order valence-electron chi connectivity index (χ3n) is 7.22. The molecule has 0 unspecified atom stereocenters. The van der Waals surface area contributed by atoms with Gasteiger partial charge >= 0.3 is 23.9 Å². The minimum atomic E-state index is -1.38. The van der Waals surface area contributed by atoms with Gasteiger partial charge in [-0.3, -0.25) is 4.79 Å². The van der Waals surface area contributed by atoms with Crippen molar-refractivity contribution in [3.05, 3.63) is 166 Å². The van der Waals surface area contributed by atoms with E-state index in [-0.39, 0.29) is 58.1 Å². The van der Waals surface area contributed by atoms with Gasteiger partial charge in [-0.2, -0.15) is 0 Å². The smallest absolute Gasteiger partial charge is 0.344 e. The van der Waals surface area contributed by atoms with Crippen molar-refractivity contribution in [1.82, 2.24) is 5.32 Å². The van der Waals surface area contributed by atoms with Crippen LogP contribution in [0.4, 0.5) is 0 Å². The molecule has 0 saturated carbocycles. The Bertz CT molecular complexity index is 2110. The van der Waals surface area contributed by atoms with Gasteiger partial charge in [0.2, 0.25) is 5.90 Å². The number of aliphatic imine (C=N–C) groups is 1. The number of esters is 1. The standard InChI is InChI=1S/C38H28N2O10/c41-33(31-19-25(35(42)43)14-16-29(31)37(46)47)39-21-23-8-7-9-24(18-23)22-40-34(49-27-10-3-1-4-11-27)32-20-26(36(44)45)15-17-30(32)38(48)50-28-12-5-2-6-13-28/h1-20H,21-22H2,(H,39,41)(H,42,43)(H,44,45)(H,46,47). The molecule has 0 aliphatic carbocycles. The van der Waals surface area contributed by atoms with Gasteiger partial charge in [0.1, 0.15) is 11.5 Å². The summed E-state index contributed by atoms with van der Waals surface area (Å²) in [7, 11) is 0. The molecule has 0 radical (unpaired) electrons. The van der Waals surface area contributed by atoms with E-state index in [0.29, 0.717) is 16.9 Å². The summed E-state index contributed by atoms with van der Waals surface area (Å²) in [6.07, 6.45) is 0. The lowest BCUT2D eigenvalue weighted by Gasteiger charge is -2.14. The molecule has 0 fully saturated rings. The molecule has 0 bridgehead atoms. The molecule has 0 aliphatic heterocycles. The Labute approximate surface area is 284 Å². The highest BCUT2D eigenvalue weighted by atomic mass is 16.5. The zero-order valence-corrected chi connectivity index (χ0v) is 26.1. The van der Waals surface area contributed by atoms with Gasteiger partial charge in [-0.1, -0.05) is 60.7 Å². The van der Waals surface area contributed by atoms with Gasteiger partial charge in [-0.25, -0.2) is 24.2 Å². The molecule has 5 aromatic rings. The number of nitrogens with one attached hydrogen (secondary N) is 1. The number of nitrogens with zero attached hydrogens (tertiary/aromatic N) is 1. The molecular weight excluding hydrogens is 644 g/mol. The number of carbonyl (C=O) groups is 5. The molecule has 0 aliphatic rings. The number of amides is 1. The highest BCUT2D eigenvalue weighted by Gasteiger charge is 2.22. The van der Waals surface area contributed by atoms with Gasteiger partial charge in [0, 0.05) is 6.54 Å². The number of hydrogen-bond donors (Lipinski definition) is 4. The first-order valence-corrected chi connectivity index (χ1v) is 15.0. The molecule has 0 aromatic heterocycles. The molecule has 5 rings (SSSR count). The predicted molar refractivity (Wildman–Crippen MR) is 180 cm³/mol. The molecule has 12 heteroatoms. The summed E-state index contributed by atoms with van der Waals surface area (Å²) >= 11 is 0. The van der Waals surface area contributed by atoms with Crippen molar-refractivity contribution in [2.45, 2.75) is 13.1 Å². The van der Waals surface area contributed by atoms with Crippen molar-refractivity contribution < 1.29 is 48.8 Å². The van der Waals surface area contributed by atoms with Crippen LogP contribution in [0.25, 0.3) is 0 Å². The average Bonchev–Trinajstić information content (AvgIpc) is 3.12. The third kappa shape index (κ3) is 8.63.